The summed E-state index contributed by atoms with van der Waals surface area (Å²) in [5.41, 5.74) is 0.843. The zero-order valence-corrected chi connectivity index (χ0v) is 11.2. The third-order valence-corrected chi connectivity index (χ3v) is 2.96. The number of nitrogens with zero attached hydrogens (tertiary/aromatic N) is 1. The van der Waals surface area contributed by atoms with Crippen LogP contribution in [0.3, 0.4) is 0 Å². The number of carbonyl (C=O) groups is 1. The molecule has 4 nitrogen and oxygen atoms in total. The summed E-state index contributed by atoms with van der Waals surface area (Å²) in [5, 5.41) is 1.31. The summed E-state index contributed by atoms with van der Waals surface area (Å²) in [6.07, 6.45) is 0. The SMILES string of the molecule is COC(=O)c1cc2c(Cl)cc(Cl)nc2cc1OC. The Balaban J connectivity index is 2.77. The van der Waals surface area contributed by atoms with E-state index in [0.717, 1.165) is 0 Å². The van der Waals surface area contributed by atoms with Crippen LogP contribution < -0.4 is 4.74 Å². The number of benzene rings is 1. The molecule has 94 valence electrons. The molecule has 0 fully saturated rings. The first kappa shape index (κ1) is 12.9. The number of methoxy groups -OCH3 is 2. The molecule has 0 bridgehead atoms. The first-order valence-corrected chi connectivity index (χ1v) is 5.74. The smallest absolute Gasteiger partial charge is 0.341 e. The van der Waals surface area contributed by atoms with E-state index in [4.69, 9.17) is 27.9 Å². The fourth-order valence-corrected chi connectivity index (χ4v) is 2.13. The lowest BCUT2D eigenvalue weighted by Crippen LogP contribution is -2.04. The Bertz CT molecular complexity index is 628. The standard InChI is InChI=1S/C12H9Cl2NO3/c1-17-10-5-9-6(3-7(10)12(16)18-2)8(13)4-11(14)15-9/h3-5H,1-2H3. The van der Waals surface area contributed by atoms with Crippen LogP contribution in [0.25, 0.3) is 10.9 Å². The predicted octanol–water partition coefficient (Wildman–Crippen LogP) is 3.34. The molecule has 2 aromatic rings. The minimum Gasteiger partial charge on any atom is -0.496 e. The van der Waals surface area contributed by atoms with Gasteiger partial charge in [-0.15, -0.1) is 0 Å². The van der Waals surface area contributed by atoms with Gasteiger partial charge in [0.1, 0.15) is 16.5 Å². The van der Waals surface area contributed by atoms with Gasteiger partial charge in [-0.1, -0.05) is 23.2 Å². The Morgan fingerprint density at radius 3 is 2.56 bits per heavy atom. The van der Waals surface area contributed by atoms with Crippen molar-refractivity contribution in [3.8, 4) is 5.75 Å². The van der Waals surface area contributed by atoms with Crippen molar-refractivity contribution < 1.29 is 14.3 Å². The number of aromatic nitrogens is 1. The molecule has 0 unspecified atom stereocenters. The normalized spacial score (nSPS) is 10.4. The van der Waals surface area contributed by atoms with Crippen LogP contribution in [-0.4, -0.2) is 25.2 Å². The highest BCUT2D eigenvalue weighted by atomic mass is 35.5. The van der Waals surface area contributed by atoms with Crippen molar-refractivity contribution in [2.45, 2.75) is 0 Å². The summed E-state index contributed by atoms with van der Waals surface area (Å²) < 4.78 is 9.81. The van der Waals surface area contributed by atoms with Gasteiger partial charge in [-0.2, -0.15) is 0 Å². The second-order valence-corrected chi connectivity index (χ2v) is 4.28. The van der Waals surface area contributed by atoms with Crippen LogP contribution in [0.2, 0.25) is 10.2 Å². The maximum absolute atomic E-state index is 11.6. The average molecular weight is 286 g/mol. The Morgan fingerprint density at radius 1 is 1.22 bits per heavy atom. The Kier molecular flexibility index (Phi) is 3.59. The van der Waals surface area contributed by atoms with E-state index in [2.05, 4.69) is 9.72 Å². The number of halogens is 2. The number of esters is 1. The van der Waals surface area contributed by atoms with Gasteiger partial charge in [-0.05, 0) is 12.1 Å². The second-order valence-electron chi connectivity index (χ2n) is 3.49. The van der Waals surface area contributed by atoms with E-state index >= 15 is 0 Å². The van der Waals surface area contributed by atoms with E-state index in [1.54, 1.807) is 12.1 Å². The van der Waals surface area contributed by atoms with Gasteiger partial charge in [-0.3, -0.25) is 0 Å². The zero-order chi connectivity index (χ0) is 13.3. The van der Waals surface area contributed by atoms with Crippen molar-refractivity contribution in [1.82, 2.24) is 4.98 Å². The average Bonchev–Trinajstić information content (AvgIpc) is 2.36. The van der Waals surface area contributed by atoms with E-state index in [0.29, 0.717) is 27.2 Å². The number of ether oxygens (including phenoxy) is 2. The molecule has 0 radical (unpaired) electrons. The van der Waals surface area contributed by atoms with Gasteiger partial charge in [0.05, 0.1) is 24.8 Å². The quantitative estimate of drug-likeness (QED) is 0.627. The predicted molar refractivity (Wildman–Crippen MR) is 69.7 cm³/mol. The van der Waals surface area contributed by atoms with E-state index in [1.165, 1.54) is 20.3 Å². The van der Waals surface area contributed by atoms with Gasteiger partial charge in [0.25, 0.3) is 0 Å². The Hall–Kier alpha value is -1.52. The lowest BCUT2D eigenvalue weighted by molar-refractivity contribution is 0.0597. The van der Waals surface area contributed by atoms with E-state index in [1.807, 2.05) is 0 Å². The highest BCUT2D eigenvalue weighted by molar-refractivity contribution is 6.37. The highest BCUT2D eigenvalue weighted by Crippen LogP contribution is 2.31. The van der Waals surface area contributed by atoms with Gasteiger partial charge in [0, 0.05) is 11.5 Å². The molecule has 0 saturated heterocycles. The molecule has 0 aliphatic rings. The Labute approximate surface area is 113 Å². The van der Waals surface area contributed by atoms with Crippen molar-refractivity contribution in [2.24, 2.45) is 0 Å². The number of carbonyl (C=O) groups excluding carboxylic acids is 1. The van der Waals surface area contributed by atoms with Crippen molar-refractivity contribution in [2.75, 3.05) is 14.2 Å². The van der Waals surface area contributed by atoms with Crippen LogP contribution in [0.1, 0.15) is 10.4 Å². The summed E-state index contributed by atoms with van der Waals surface area (Å²) in [7, 11) is 2.76. The van der Waals surface area contributed by atoms with E-state index in [9.17, 15) is 4.79 Å². The highest BCUT2D eigenvalue weighted by Gasteiger charge is 2.16. The van der Waals surface area contributed by atoms with Crippen LogP contribution in [-0.2, 0) is 4.74 Å². The maximum Gasteiger partial charge on any atom is 0.341 e. The molecular weight excluding hydrogens is 277 g/mol. The minimum atomic E-state index is -0.500. The fourth-order valence-electron chi connectivity index (χ4n) is 1.62. The summed E-state index contributed by atoms with van der Waals surface area (Å²) in [6.45, 7) is 0. The molecule has 2 rings (SSSR count). The Morgan fingerprint density at radius 2 is 1.94 bits per heavy atom. The van der Waals surface area contributed by atoms with Crippen molar-refractivity contribution in [3.05, 3.63) is 33.9 Å². The number of hydrogen-bond donors (Lipinski definition) is 0. The van der Waals surface area contributed by atoms with E-state index in [-0.39, 0.29) is 5.15 Å². The summed E-state index contributed by atoms with van der Waals surface area (Å²) in [5.74, 6) is -0.139. The fraction of sp³-hybridized carbons (Fsp3) is 0.167. The minimum absolute atomic E-state index is 0.278. The monoisotopic (exact) mass is 285 g/mol. The largest absolute Gasteiger partial charge is 0.496 e. The maximum atomic E-state index is 11.6. The van der Waals surface area contributed by atoms with Crippen molar-refractivity contribution >= 4 is 40.1 Å². The second kappa shape index (κ2) is 5.00. The van der Waals surface area contributed by atoms with Crippen molar-refractivity contribution in [1.29, 1.82) is 0 Å². The first-order chi connectivity index (χ1) is 8.56. The van der Waals surface area contributed by atoms with Gasteiger partial charge < -0.3 is 9.47 Å². The number of fused-ring (bicyclic) bond motifs is 1. The molecule has 0 amide bonds. The van der Waals surface area contributed by atoms with Gasteiger partial charge in [0.2, 0.25) is 0 Å². The van der Waals surface area contributed by atoms with Gasteiger partial charge in [-0.25, -0.2) is 9.78 Å². The molecule has 0 aliphatic carbocycles. The van der Waals surface area contributed by atoms with Gasteiger partial charge in [0.15, 0.2) is 0 Å². The lowest BCUT2D eigenvalue weighted by Gasteiger charge is -2.09. The first-order valence-electron chi connectivity index (χ1n) is 4.99. The number of hydrogen-bond acceptors (Lipinski definition) is 4. The van der Waals surface area contributed by atoms with Crippen molar-refractivity contribution in [3.63, 3.8) is 0 Å². The zero-order valence-electron chi connectivity index (χ0n) is 9.66. The van der Waals surface area contributed by atoms with Crippen LogP contribution in [0, 0.1) is 0 Å². The molecule has 0 aliphatic heterocycles. The summed E-state index contributed by atoms with van der Waals surface area (Å²) in [4.78, 5) is 15.7. The molecule has 18 heavy (non-hydrogen) atoms. The third kappa shape index (κ3) is 2.21. The van der Waals surface area contributed by atoms with E-state index < -0.39 is 5.97 Å². The molecule has 1 aromatic heterocycles. The topological polar surface area (TPSA) is 48.4 Å². The molecule has 1 heterocycles. The van der Waals surface area contributed by atoms with Crippen LogP contribution in [0.5, 0.6) is 5.75 Å². The summed E-state index contributed by atoms with van der Waals surface area (Å²) >= 11 is 11.9. The molecule has 6 heteroatoms. The van der Waals surface area contributed by atoms with Crippen LogP contribution in [0.4, 0.5) is 0 Å². The molecule has 0 atom stereocenters. The molecule has 0 spiro atoms. The molecule has 0 N–H and O–H groups in total. The molecule has 1 aromatic carbocycles. The van der Waals surface area contributed by atoms with Gasteiger partial charge >= 0.3 is 5.97 Å². The number of pyridine rings is 1. The third-order valence-electron chi connectivity index (χ3n) is 2.45. The van der Waals surface area contributed by atoms with Crippen LogP contribution in [0.15, 0.2) is 18.2 Å². The lowest BCUT2D eigenvalue weighted by atomic mass is 10.1. The molecule has 0 saturated carbocycles. The van der Waals surface area contributed by atoms with Crippen LogP contribution >= 0.6 is 23.2 Å². The summed E-state index contributed by atoms with van der Waals surface area (Å²) in [6, 6.07) is 4.68. The molecular formula is C12H9Cl2NO3. The number of rotatable bonds is 2.